The SMILES string of the molecule is NCCN(Cc1ccccc1)c1nc(C2CC2)ns1. The van der Waals surface area contributed by atoms with Crippen molar-refractivity contribution in [3.63, 3.8) is 0 Å². The standard InChI is InChI=1S/C14H18N4S/c15-8-9-18(10-11-4-2-1-3-5-11)14-16-13(17-19-14)12-6-7-12/h1-5,12H,6-10,15H2. The van der Waals surface area contributed by atoms with E-state index in [-0.39, 0.29) is 0 Å². The van der Waals surface area contributed by atoms with E-state index in [1.54, 1.807) is 0 Å². The van der Waals surface area contributed by atoms with Crippen LogP contribution in [0.15, 0.2) is 30.3 Å². The first-order chi connectivity index (χ1) is 9.36. The van der Waals surface area contributed by atoms with Crippen LogP contribution in [0.2, 0.25) is 0 Å². The highest BCUT2D eigenvalue weighted by molar-refractivity contribution is 7.09. The minimum Gasteiger partial charge on any atom is -0.341 e. The van der Waals surface area contributed by atoms with Crippen LogP contribution in [0.3, 0.4) is 0 Å². The van der Waals surface area contributed by atoms with E-state index in [1.165, 1.54) is 29.9 Å². The topological polar surface area (TPSA) is 55.0 Å². The van der Waals surface area contributed by atoms with Gasteiger partial charge in [-0.2, -0.15) is 4.37 Å². The Morgan fingerprint density at radius 2 is 2.05 bits per heavy atom. The number of anilines is 1. The zero-order chi connectivity index (χ0) is 13.1. The Bertz CT molecular complexity index is 521. The molecule has 0 radical (unpaired) electrons. The Morgan fingerprint density at radius 1 is 1.26 bits per heavy atom. The zero-order valence-corrected chi connectivity index (χ0v) is 11.6. The molecular formula is C14H18N4S. The predicted octanol–water partition coefficient (Wildman–Crippen LogP) is 2.38. The van der Waals surface area contributed by atoms with Gasteiger partial charge in [-0.05, 0) is 18.4 Å². The van der Waals surface area contributed by atoms with Gasteiger partial charge in [0.15, 0.2) is 0 Å². The molecule has 4 nitrogen and oxygen atoms in total. The third kappa shape index (κ3) is 3.11. The highest BCUT2D eigenvalue weighted by Crippen LogP contribution is 2.39. The summed E-state index contributed by atoms with van der Waals surface area (Å²) < 4.78 is 4.47. The molecule has 1 aromatic carbocycles. The maximum absolute atomic E-state index is 5.71. The van der Waals surface area contributed by atoms with Crippen molar-refractivity contribution in [3.8, 4) is 0 Å². The molecule has 5 heteroatoms. The summed E-state index contributed by atoms with van der Waals surface area (Å²) in [6, 6.07) is 10.4. The molecule has 0 bridgehead atoms. The summed E-state index contributed by atoms with van der Waals surface area (Å²) in [5.74, 6) is 1.64. The van der Waals surface area contributed by atoms with Crippen LogP contribution in [0, 0.1) is 0 Å². The zero-order valence-electron chi connectivity index (χ0n) is 10.8. The van der Waals surface area contributed by atoms with Crippen molar-refractivity contribution in [2.45, 2.75) is 25.3 Å². The average Bonchev–Trinajstić information content (AvgIpc) is 3.17. The van der Waals surface area contributed by atoms with E-state index in [1.807, 2.05) is 6.07 Å². The summed E-state index contributed by atoms with van der Waals surface area (Å²) in [5.41, 5.74) is 6.99. The van der Waals surface area contributed by atoms with Gasteiger partial charge >= 0.3 is 0 Å². The van der Waals surface area contributed by atoms with Crippen LogP contribution in [0.5, 0.6) is 0 Å². The third-order valence-electron chi connectivity index (χ3n) is 3.26. The first-order valence-corrected chi connectivity index (χ1v) is 7.46. The fourth-order valence-corrected chi connectivity index (χ4v) is 2.83. The lowest BCUT2D eigenvalue weighted by molar-refractivity contribution is 0.781. The van der Waals surface area contributed by atoms with E-state index >= 15 is 0 Å². The van der Waals surface area contributed by atoms with Gasteiger partial charge in [0.25, 0.3) is 0 Å². The lowest BCUT2D eigenvalue weighted by Gasteiger charge is -2.20. The molecule has 2 N–H and O–H groups in total. The minimum atomic E-state index is 0.612. The van der Waals surface area contributed by atoms with Gasteiger partial charge in [-0.3, -0.25) is 0 Å². The molecule has 0 amide bonds. The molecule has 1 aliphatic rings. The van der Waals surface area contributed by atoms with Crippen molar-refractivity contribution in [3.05, 3.63) is 41.7 Å². The molecule has 3 rings (SSSR count). The number of rotatable bonds is 6. The molecule has 0 atom stereocenters. The van der Waals surface area contributed by atoms with Gasteiger partial charge in [0.2, 0.25) is 5.13 Å². The monoisotopic (exact) mass is 274 g/mol. The average molecular weight is 274 g/mol. The van der Waals surface area contributed by atoms with Crippen molar-refractivity contribution >= 4 is 16.7 Å². The second kappa shape index (κ2) is 5.67. The Labute approximate surface area is 117 Å². The fraction of sp³-hybridized carbons (Fsp3) is 0.429. The Kier molecular flexibility index (Phi) is 3.75. The minimum absolute atomic E-state index is 0.612. The van der Waals surface area contributed by atoms with Crippen molar-refractivity contribution in [1.82, 2.24) is 9.36 Å². The van der Waals surface area contributed by atoms with Crippen LogP contribution in [-0.4, -0.2) is 22.4 Å². The first-order valence-electron chi connectivity index (χ1n) is 6.69. The molecule has 100 valence electrons. The first kappa shape index (κ1) is 12.6. The summed E-state index contributed by atoms with van der Waals surface area (Å²) in [6.45, 7) is 2.29. The van der Waals surface area contributed by atoms with Gasteiger partial charge < -0.3 is 10.6 Å². The van der Waals surface area contributed by atoms with E-state index in [4.69, 9.17) is 5.73 Å². The van der Waals surface area contributed by atoms with Gasteiger partial charge in [0.1, 0.15) is 5.82 Å². The maximum atomic E-state index is 5.71. The van der Waals surface area contributed by atoms with Crippen molar-refractivity contribution in [2.75, 3.05) is 18.0 Å². The lowest BCUT2D eigenvalue weighted by atomic mass is 10.2. The third-order valence-corrected chi connectivity index (χ3v) is 4.05. The molecule has 1 aliphatic carbocycles. The van der Waals surface area contributed by atoms with Crippen LogP contribution in [0.25, 0.3) is 0 Å². The predicted molar refractivity (Wildman–Crippen MR) is 78.4 cm³/mol. The number of hydrogen-bond donors (Lipinski definition) is 1. The molecule has 0 aliphatic heterocycles. The molecular weight excluding hydrogens is 256 g/mol. The second-order valence-corrected chi connectivity index (χ2v) is 5.64. The number of aromatic nitrogens is 2. The van der Waals surface area contributed by atoms with Crippen molar-refractivity contribution in [2.24, 2.45) is 5.73 Å². The normalized spacial score (nSPS) is 14.6. The Morgan fingerprint density at radius 3 is 2.74 bits per heavy atom. The van der Waals surface area contributed by atoms with Gasteiger partial charge in [-0.25, -0.2) is 4.98 Å². The van der Waals surface area contributed by atoms with Crippen molar-refractivity contribution < 1.29 is 0 Å². The smallest absolute Gasteiger partial charge is 0.205 e. The van der Waals surface area contributed by atoms with Crippen molar-refractivity contribution in [1.29, 1.82) is 0 Å². The Balaban J connectivity index is 1.75. The van der Waals surface area contributed by atoms with Crippen LogP contribution in [-0.2, 0) is 6.54 Å². The summed E-state index contributed by atoms with van der Waals surface area (Å²) in [5, 5.41) is 0.996. The highest BCUT2D eigenvalue weighted by atomic mass is 32.1. The fourth-order valence-electron chi connectivity index (χ4n) is 2.06. The molecule has 1 saturated carbocycles. The number of benzene rings is 1. The summed E-state index contributed by atoms with van der Waals surface area (Å²) in [6.07, 6.45) is 2.48. The van der Waals surface area contributed by atoms with Gasteiger partial charge in [0.05, 0.1) is 0 Å². The summed E-state index contributed by atoms with van der Waals surface area (Å²) in [4.78, 5) is 6.89. The van der Waals surface area contributed by atoms with E-state index in [0.29, 0.717) is 12.5 Å². The van der Waals surface area contributed by atoms with E-state index in [9.17, 15) is 0 Å². The van der Waals surface area contributed by atoms with Gasteiger partial charge in [-0.1, -0.05) is 30.3 Å². The van der Waals surface area contributed by atoms with E-state index in [2.05, 4.69) is 38.5 Å². The second-order valence-electron chi connectivity index (χ2n) is 4.91. The molecule has 0 saturated heterocycles. The molecule has 0 spiro atoms. The van der Waals surface area contributed by atoms with Crippen LogP contribution in [0.4, 0.5) is 5.13 Å². The molecule has 19 heavy (non-hydrogen) atoms. The molecule has 2 aromatic rings. The van der Waals surface area contributed by atoms with E-state index in [0.717, 1.165) is 24.0 Å². The Hall–Kier alpha value is -1.46. The maximum Gasteiger partial charge on any atom is 0.205 e. The van der Waals surface area contributed by atoms with Gasteiger partial charge in [0, 0.05) is 37.1 Å². The largest absolute Gasteiger partial charge is 0.341 e. The van der Waals surface area contributed by atoms with E-state index < -0.39 is 0 Å². The number of hydrogen-bond acceptors (Lipinski definition) is 5. The summed E-state index contributed by atoms with van der Waals surface area (Å²) in [7, 11) is 0. The molecule has 1 heterocycles. The van der Waals surface area contributed by atoms with Crippen LogP contribution in [0.1, 0.15) is 30.1 Å². The molecule has 1 fully saturated rings. The van der Waals surface area contributed by atoms with Crippen LogP contribution >= 0.6 is 11.5 Å². The molecule has 1 aromatic heterocycles. The number of nitrogens with two attached hydrogens (primary N) is 1. The number of nitrogens with zero attached hydrogens (tertiary/aromatic N) is 3. The summed E-state index contributed by atoms with van der Waals surface area (Å²) >= 11 is 1.49. The molecule has 0 unspecified atom stereocenters. The lowest BCUT2D eigenvalue weighted by Crippen LogP contribution is -2.28. The van der Waals surface area contributed by atoms with Gasteiger partial charge in [-0.15, -0.1) is 0 Å². The highest BCUT2D eigenvalue weighted by Gasteiger charge is 2.28. The quantitative estimate of drug-likeness (QED) is 0.878. The van der Waals surface area contributed by atoms with Crippen LogP contribution < -0.4 is 10.6 Å².